The number of sulfonamides is 1. The fraction of sp³-hybridized carbons (Fsp3) is 0.208. The van der Waals surface area contributed by atoms with Gasteiger partial charge in [0.05, 0.1) is 30.4 Å². The first-order valence-electron chi connectivity index (χ1n) is 9.78. The molecule has 32 heavy (non-hydrogen) atoms. The van der Waals surface area contributed by atoms with Crippen molar-refractivity contribution in [3.63, 3.8) is 0 Å². The maximum atomic E-state index is 13.5. The number of esters is 1. The minimum atomic E-state index is -4.02. The summed E-state index contributed by atoms with van der Waals surface area (Å²) >= 11 is 3.41. The summed E-state index contributed by atoms with van der Waals surface area (Å²) in [4.78, 5) is 12.4. The Kier molecular flexibility index (Phi) is 7.26. The largest absolute Gasteiger partial charge is 0.497 e. The monoisotopic (exact) mass is 517 g/mol. The highest BCUT2D eigenvalue weighted by Crippen LogP contribution is 2.30. The molecule has 1 N–H and O–H groups in total. The van der Waals surface area contributed by atoms with Crippen LogP contribution in [-0.2, 0) is 21.2 Å². The van der Waals surface area contributed by atoms with Crippen molar-refractivity contribution in [3.05, 3.63) is 86.9 Å². The average Bonchev–Trinajstić information content (AvgIpc) is 2.76. The third kappa shape index (κ3) is 5.31. The van der Waals surface area contributed by atoms with E-state index in [2.05, 4.69) is 20.7 Å². The number of halogens is 1. The van der Waals surface area contributed by atoms with E-state index in [4.69, 9.17) is 9.47 Å². The van der Waals surface area contributed by atoms with Gasteiger partial charge in [-0.05, 0) is 78.9 Å². The van der Waals surface area contributed by atoms with Gasteiger partial charge in [-0.1, -0.05) is 34.1 Å². The first-order valence-corrected chi connectivity index (χ1v) is 12.1. The molecule has 0 fully saturated rings. The van der Waals surface area contributed by atoms with E-state index in [1.54, 1.807) is 31.2 Å². The second-order valence-electron chi connectivity index (χ2n) is 7.38. The van der Waals surface area contributed by atoms with E-state index in [9.17, 15) is 13.2 Å². The lowest BCUT2D eigenvalue weighted by Crippen LogP contribution is -2.19. The van der Waals surface area contributed by atoms with E-state index < -0.39 is 16.0 Å². The summed E-state index contributed by atoms with van der Waals surface area (Å²) in [5, 5.41) is 0. The number of rotatable bonds is 7. The third-order valence-electron chi connectivity index (χ3n) is 4.99. The lowest BCUT2D eigenvalue weighted by Gasteiger charge is -2.17. The van der Waals surface area contributed by atoms with Gasteiger partial charge in [-0.25, -0.2) is 13.2 Å². The summed E-state index contributed by atoms with van der Waals surface area (Å²) in [6.45, 7) is 3.57. The molecule has 0 saturated heterocycles. The van der Waals surface area contributed by atoms with Crippen molar-refractivity contribution in [2.24, 2.45) is 0 Å². The number of benzene rings is 3. The van der Waals surface area contributed by atoms with E-state index in [1.165, 1.54) is 20.3 Å². The molecule has 8 heteroatoms. The van der Waals surface area contributed by atoms with Gasteiger partial charge in [-0.15, -0.1) is 0 Å². The van der Waals surface area contributed by atoms with Crippen LogP contribution in [0.1, 0.15) is 32.6 Å². The van der Waals surface area contributed by atoms with Crippen LogP contribution >= 0.6 is 15.9 Å². The van der Waals surface area contributed by atoms with Gasteiger partial charge in [0.25, 0.3) is 10.0 Å². The number of carbonyl (C=O) groups excluding carboxylic acids is 1. The summed E-state index contributed by atoms with van der Waals surface area (Å²) in [7, 11) is -1.23. The summed E-state index contributed by atoms with van der Waals surface area (Å²) in [6.07, 6.45) is 0.386. The van der Waals surface area contributed by atoms with E-state index in [0.29, 0.717) is 23.3 Å². The first kappa shape index (κ1) is 23.8. The number of hydrogen-bond donors (Lipinski definition) is 1. The maximum Gasteiger partial charge on any atom is 0.340 e. The Bertz CT molecular complexity index is 1250. The molecule has 0 heterocycles. The van der Waals surface area contributed by atoms with Crippen molar-refractivity contribution < 1.29 is 22.7 Å². The van der Waals surface area contributed by atoms with E-state index in [1.807, 2.05) is 31.2 Å². The number of carbonyl (C=O) groups is 1. The van der Waals surface area contributed by atoms with Crippen molar-refractivity contribution in [3.8, 4) is 5.75 Å². The van der Waals surface area contributed by atoms with Gasteiger partial charge in [0.15, 0.2) is 0 Å². The Morgan fingerprint density at radius 3 is 2.31 bits per heavy atom. The molecule has 0 aliphatic carbocycles. The predicted octanol–water partition coefficient (Wildman–Crippen LogP) is 5.25. The Labute approximate surface area is 196 Å². The van der Waals surface area contributed by atoms with Crippen LogP contribution in [0.5, 0.6) is 5.75 Å². The minimum Gasteiger partial charge on any atom is -0.497 e. The third-order valence-corrected chi connectivity index (χ3v) is 6.97. The van der Waals surface area contributed by atoms with Crippen molar-refractivity contribution in [2.45, 2.75) is 25.2 Å². The standard InChI is InChI=1S/C24H24BrNO5S/c1-15-11-16(2)23(21(12-15)24(27)31-4)26-32(28,29)22-10-9-20(30-3)14-18(22)13-17-5-7-19(25)8-6-17/h5-12,14,26H,13H2,1-4H3. The van der Waals surface area contributed by atoms with Crippen LogP contribution in [0, 0.1) is 13.8 Å². The average molecular weight is 518 g/mol. The number of anilines is 1. The Morgan fingerprint density at radius 1 is 1.00 bits per heavy atom. The lowest BCUT2D eigenvalue weighted by molar-refractivity contribution is 0.0601. The van der Waals surface area contributed by atoms with E-state index >= 15 is 0 Å². The van der Waals surface area contributed by atoms with Crippen molar-refractivity contribution in [1.29, 1.82) is 0 Å². The summed E-state index contributed by atoms with van der Waals surface area (Å²) in [6, 6.07) is 15.9. The zero-order valence-electron chi connectivity index (χ0n) is 18.2. The Hall–Kier alpha value is -2.84. The second-order valence-corrected chi connectivity index (χ2v) is 9.94. The van der Waals surface area contributed by atoms with Gasteiger partial charge < -0.3 is 9.47 Å². The molecule has 0 spiro atoms. The Balaban J connectivity index is 2.08. The molecule has 0 amide bonds. The van der Waals surface area contributed by atoms with Crippen molar-refractivity contribution in [2.75, 3.05) is 18.9 Å². The SMILES string of the molecule is COC(=O)c1cc(C)cc(C)c1NS(=O)(=O)c1ccc(OC)cc1Cc1ccc(Br)cc1. The molecule has 6 nitrogen and oxygen atoms in total. The fourth-order valence-corrected chi connectivity index (χ4v) is 5.11. The number of hydrogen-bond acceptors (Lipinski definition) is 5. The molecule has 0 saturated carbocycles. The van der Waals surface area contributed by atoms with Crippen LogP contribution in [0.25, 0.3) is 0 Å². The molecule has 0 bridgehead atoms. The van der Waals surface area contributed by atoms with Crippen LogP contribution in [0.2, 0.25) is 0 Å². The first-order chi connectivity index (χ1) is 15.1. The van der Waals surface area contributed by atoms with Gasteiger partial charge in [0, 0.05) is 4.47 Å². The van der Waals surface area contributed by atoms with Crippen LogP contribution in [0.4, 0.5) is 5.69 Å². The van der Waals surface area contributed by atoms with Crippen LogP contribution < -0.4 is 9.46 Å². The van der Waals surface area contributed by atoms with Gasteiger partial charge in [0.2, 0.25) is 0 Å². The topological polar surface area (TPSA) is 81.7 Å². The summed E-state index contributed by atoms with van der Waals surface area (Å²) < 4.78 is 40.6. The zero-order chi connectivity index (χ0) is 23.5. The highest BCUT2D eigenvalue weighted by molar-refractivity contribution is 9.10. The van der Waals surface area contributed by atoms with Crippen LogP contribution in [0.3, 0.4) is 0 Å². The summed E-state index contributed by atoms with van der Waals surface area (Å²) in [5.74, 6) is -0.0582. The quantitative estimate of drug-likeness (QED) is 0.432. The number of nitrogens with one attached hydrogen (secondary N) is 1. The molecule has 168 valence electrons. The smallest absolute Gasteiger partial charge is 0.340 e. The molecule has 3 rings (SSSR count). The molecule has 0 aliphatic heterocycles. The molecule has 0 unspecified atom stereocenters. The lowest BCUT2D eigenvalue weighted by atomic mass is 10.0. The van der Waals surface area contributed by atoms with E-state index in [0.717, 1.165) is 15.6 Å². The highest BCUT2D eigenvalue weighted by atomic mass is 79.9. The molecule has 3 aromatic carbocycles. The molecular weight excluding hydrogens is 494 g/mol. The van der Waals surface area contributed by atoms with Crippen LogP contribution in [-0.4, -0.2) is 28.6 Å². The molecule has 0 aromatic heterocycles. The van der Waals surface area contributed by atoms with Gasteiger partial charge in [-0.2, -0.15) is 0 Å². The number of ether oxygens (including phenoxy) is 2. The molecule has 0 radical (unpaired) electrons. The Morgan fingerprint density at radius 2 is 1.69 bits per heavy atom. The van der Waals surface area contributed by atoms with E-state index in [-0.39, 0.29) is 16.1 Å². The molecule has 0 atom stereocenters. The molecular formula is C24H24BrNO5S. The van der Waals surface area contributed by atoms with Crippen molar-refractivity contribution >= 4 is 37.6 Å². The second kappa shape index (κ2) is 9.75. The van der Waals surface area contributed by atoms with Gasteiger partial charge in [-0.3, -0.25) is 4.72 Å². The maximum absolute atomic E-state index is 13.5. The van der Waals surface area contributed by atoms with Gasteiger partial charge >= 0.3 is 5.97 Å². The minimum absolute atomic E-state index is 0.108. The van der Waals surface area contributed by atoms with Crippen molar-refractivity contribution in [1.82, 2.24) is 0 Å². The predicted molar refractivity (Wildman–Crippen MR) is 128 cm³/mol. The normalized spacial score (nSPS) is 11.2. The zero-order valence-corrected chi connectivity index (χ0v) is 20.6. The van der Waals surface area contributed by atoms with Gasteiger partial charge in [0.1, 0.15) is 5.75 Å². The number of aryl methyl sites for hydroxylation is 2. The summed E-state index contributed by atoms with van der Waals surface area (Å²) in [5.41, 5.74) is 3.33. The highest BCUT2D eigenvalue weighted by Gasteiger charge is 2.24. The van der Waals surface area contributed by atoms with Crippen LogP contribution in [0.15, 0.2) is 64.0 Å². The number of methoxy groups -OCH3 is 2. The molecule has 3 aromatic rings. The fourth-order valence-electron chi connectivity index (χ4n) is 3.47. The molecule has 0 aliphatic rings.